The Hall–Kier alpha value is -0.450. The fourth-order valence-electron chi connectivity index (χ4n) is 0.907. The molecule has 0 saturated carbocycles. The molecule has 2 unspecified atom stereocenters. The molecular formula is C6H10O4. The summed E-state index contributed by atoms with van der Waals surface area (Å²) in [5, 5.41) is 13.0. The predicted octanol–water partition coefficient (Wildman–Crippen LogP) is -0.956. The van der Waals surface area contributed by atoms with Gasteiger partial charge in [0.25, 0.3) is 0 Å². The number of Topliss-reactive ketones (excluding diaryl/α,β-unsaturated/α-hetero) is 1. The van der Waals surface area contributed by atoms with Gasteiger partial charge < -0.3 is 15.0 Å². The van der Waals surface area contributed by atoms with Gasteiger partial charge in [-0.05, 0) is 6.92 Å². The van der Waals surface area contributed by atoms with E-state index in [1.807, 2.05) is 0 Å². The van der Waals surface area contributed by atoms with Crippen molar-refractivity contribution in [1.82, 2.24) is 0 Å². The van der Waals surface area contributed by atoms with Gasteiger partial charge in [-0.2, -0.15) is 0 Å². The summed E-state index contributed by atoms with van der Waals surface area (Å²) < 4.78 is 11.4. The minimum Gasteiger partial charge on any atom is -0.380 e. The molecule has 1 aliphatic rings. The molecule has 0 aromatic heterocycles. The van der Waals surface area contributed by atoms with Gasteiger partial charge in [0, 0.05) is 6.42 Å². The van der Waals surface area contributed by atoms with E-state index in [9.17, 15) is 4.79 Å². The molecule has 4 heteroatoms. The van der Waals surface area contributed by atoms with Crippen LogP contribution in [0, 0.1) is 0 Å². The third kappa shape index (κ3) is 1.34. The number of aliphatic hydroxyl groups is 2. The summed E-state index contributed by atoms with van der Waals surface area (Å²) in [6, 6.07) is 0. The summed E-state index contributed by atoms with van der Waals surface area (Å²) in [4.78, 5) is 10.9. The number of hydrogen-bond acceptors (Lipinski definition) is 4. The quantitative estimate of drug-likeness (QED) is 0.502. The fraction of sp³-hybridized carbons (Fsp3) is 0.833. The monoisotopic (exact) mass is 148 g/mol. The van der Waals surface area contributed by atoms with Gasteiger partial charge >= 0.3 is 0 Å². The first-order valence-corrected chi connectivity index (χ1v) is 3.13. The highest BCUT2D eigenvalue weighted by molar-refractivity contribution is 5.84. The van der Waals surface area contributed by atoms with Crippen LogP contribution in [0.15, 0.2) is 0 Å². The lowest BCUT2D eigenvalue weighted by atomic mass is 10.1. The van der Waals surface area contributed by atoms with Crippen molar-refractivity contribution < 1.29 is 19.7 Å². The number of ether oxygens (including phenoxy) is 1. The maximum Gasteiger partial charge on any atom is 0.213 e. The number of carbonyl (C=O) groups is 1. The molecule has 0 spiro atoms. The third-order valence-corrected chi connectivity index (χ3v) is 1.44. The lowest BCUT2D eigenvalue weighted by molar-refractivity contribution is -0.207. The summed E-state index contributed by atoms with van der Waals surface area (Å²) in [6.45, 7) is 1.69. The van der Waals surface area contributed by atoms with Gasteiger partial charge in [0.1, 0.15) is 0 Å². The van der Waals surface area contributed by atoms with Gasteiger partial charge in [-0.3, -0.25) is 4.79 Å². The van der Waals surface area contributed by atoms with E-state index in [-0.39, 0.29) is 18.3 Å². The van der Waals surface area contributed by atoms with E-state index in [1.54, 1.807) is 6.92 Å². The molecule has 0 aromatic rings. The van der Waals surface area contributed by atoms with Crippen molar-refractivity contribution in [3.05, 3.63) is 0 Å². The smallest absolute Gasteiger partial charge is 0.213 e. The first-order valence-electron chi connectivity index (χ1n) is 3.54. The number of aliphatic hydroxyl groups excluding tert-OH is 2. The molecule has 10 heavy (non-hydrogen) atoms. The van der Waals surface area contributed by atoms with E-state index in [0.717, 1.165) is 0 Å². The minimum absolute atomic E-state index is 0.182. The number of carbonyl (C=O) groups excluding carboxylic acids is 1. The molecule has 0 bridgehead atoms. The highest BCUT2D eigenvalue weighted by Gasteiger charge is 2.32. The summed E-state index contributed by atoms with van der Waals surface area (Å²) in [5.74, 6) is -0.332. The number of ketones is 1. The molecule has 0 radical (unpaired) electrons. The second-order valence-electron chi connectivity index (χ2n) is 2.43. The Morgan fingerprint density at radius 2 is 2.60 bits per heavy atom. The van der Waals surface area contributed by atoms with Gasteiger partial charge in [-0.25, -0.2) is 0 Å². The van der Waals surface area contributed by atoms with Crippen LogP contribution in [0.5, 0.6) is 0 Å². The van der Waals surface area contributed by atoms with Crippen molar-refractivity contribution in [3.8, 4) is 0 Å². The van der Waals surface area contributed by atoms with Gasteiger partial charge in [0.05, 0.1) is 6.10 Å². The maximum absolute atomic E-state index is 10.9. The van der Waals surface area contributed by atoms with Crippen molar-refractivity contribution in [2.45, 2.75) is 31.8 Å². The summed E-state index contributed by atoms with van der Waals surface area (Å²) >= 11 is 0. The highest BCUT2D eigenvalue weighted by atomic mass is 16.6. The SMILES string of the molecule is [3H]O[C@@H]1OC(C)CC(=O)C1O. The molecule has 1 rings (SSSR count). The van der Waals surface area contributed by atoms with E-state index in [1.165, 1.54) is 0 Å². The Morgan fingerprint density at radius 3 is 3.20 bits per heavy atom. The highest BCUT2D eigenvalue weighted by Crippen LogP contribution is 2.13. The summed E-state index contributed by atoms with van der Waals surface area (Å²) in [5.41, 5.74) is 0. The Kier molecular flexibility index (Phi) is 1.66. The van der Waals surface area contributed by atoms with E-state index in [2.05, 4.69) is 5.11 Å². The molecule has 4 nitrogen and oxygen atoms in total. The van der Waals surface area contributed by atoms with Crippen LogP contribution in [-0.4, -0.2) is 35.9 Å². The second-order valence-corrected chi connectivity index (χ2v) is 2.43. The van der Waals surface area contributed by atoms with Crippen LogP contribution in [0.1, 0.15) is 13.3 Å². The van der Waals surface area contributed by atoms with Crippen molar-refractivity contribution >= 4 is 5.78 Å². The average molecular weight is 148 g/mol. The molecule has 58 valence electrons. The molecule has 1 saturated heterocycles. The van der Waals surface area contributed by atoms with E-state index in [4.69, 9.17) is 11.3 Å². The molecule has 0 amide bonds. The predicted molar refractivity (Wildman–Crippen MR) is 32.2 cm³/mol. The Labute approximate surface area is 59.9 Å². The van der Waals surface area contributed by atoms with Gasteiger partial charge in [0.15, 0.2) is 18.2 Å². The Morgan fingerprint density at radius 1 is 1.90 bits per heavy atom. The molecule has 1 fully saturated rings. The molecule has 0 aromatic carbocycles. The molecular weight excluding hydrogens is 136 g/mol. The first kappa shape index (κ1) is 6.27. The van der Waals surface area contributed by atoms with Crippen LogP contribution < -0.4 is 0 Å². The first-order chi connectivity index (χ1) is 5.15. The minimum atomic E-state index is -1.30. The van der Waals surface area contributed by atoms with Crippen LogP contribution in [-0.2, 0) is 9.53 Å². The van der Waals surface area contributed by atoms with Crippen LogP contribution in [0.25, 0.3) is 0 Å². The molecule has 2 N–H and O–H groups in total. The van der Waals surface area contributed by atoms with Crippen LogP contribution in [0.4, 0.5) is 0 Å². The normalized spacial score (nSPS) is 43.2. The Balaban J connectivity index is 2.58. The lowest BCUT2D eigenvalue weighted by Gasteiger charge is -2.26. The van der Waals surface area contributed by atoms with Gasteiger partial charge in [-0.15, -0.1) is 0 Å². The fourth-order valence-corrected chi connectivity index (χ4v) is 0.907. The molecule has 3 atom stereocenters. The average Bonchev–Trinajstić information content (AvgIpc) is 1.96. The number of rotatable bonds is 1. The van der Waals surface area contributed by atoms with E-state index >= 15 is 0 Å². The number of hydrogen-bond donors (Lipinski definition) is 2. The Bertz CT molecular complexity index is 161. The maximum atomic E-state index is 10.9. The van der Waals surface area contributed by atoms with Crippen molar-refractivity contribution in [2.24, 2.45) is 0 Å². The van der Waals surface area contributed by atoms with Crippen LogP contribution in [0.3, 0.4) is 0 Å². The van der Waals surface area contributed by atoms with E-state index < -0.39 is 12.4 Å². The van der Waals surface area contributed by atoms with Gasteiger partial charge in [0.2, 0.25) is 1.43 Å². The molecule has 1 aliphatic heterocycles. The van der Waals surface area contributed by atoms with E-state index in [0.29, 0.717) is 0 Å². The van der Waals surface area contributed by atoms with Gasteiger partial charge in [-0.1, -0.05) is 0 Å². The zero-order chi connectivity index (χ0) is 8.43. The van der Waals surface area contributed by atoms with Crippen LogP contribution in [0.2, 0.25) is 0 Å². The zero-order valence-electron chi connectivity index (χ0n) is 6.61. The standard InChI is InChI=1S/C6H10O4/c1-3-2-4(7)5(8)6(9)10-3/h3,5-6,8-9H,2H2,1H3/t3?,5?,6-/m1/s1/i9T. The van der Waals surface area contributed by atoms with Crippen molar-refractivity contribution in [1.29, 1.82) is 1.43 Å². The van der Waals surface area contributed by atoms with Crippen molar-refractivity contribution in [3.63, 3.8) is 0 Å². The summed E-state index contributed by atoms with van der Waals surface area (Å²) in [6.07, 6.45) is -2.52. The third-order valence-electron chi connectivity index (χ3n) is 1.44. The second kappa shape index (κ2) is 2.65. The molecule has 1 heterocycles. The summed E-state index contributed by atoms with van der Waals surface area (Å²) in [7, 11) is 0. The zero-order valence-corrected chi connectivity index (χ0v) is 5.61. The van der Waals surface area contributed by atoms with Crippen molar-refractivity contribution in [2.75, 3.05) is 0 Å². The van der Waals surface area contributed by atoms with Crippen LogP contribution >= 0.6 is 0 Å². The lowest BCUT2D eigenvalue weighted by Crippen LogP contribution is -2.44. The molecule has 0 aliphatic carbocycles. The largest absolute Gasteiger partial charge is 0.380 e. The topological polar surface area (TPSA) is 66.8 Å².